The average Bonchev–Trinajstić information content (AvgIpc) is 3.55. The van der Waals surface area contributed by atoms with E-state index >= 15 is 0 Å². The normalized spacial score (nSPS) is 16.7. The van der Waals surface area contributed by atoms with Crippen LogP contribution in [0.25, 0.3) is 0 Å². The summed E-state index contributed by atoms with van der Waals surface area (Å²) in [6.07, 6.45) is 48.8. The second-order valence-electron chi connectivity index (χ2n) is 15.2. The highest BCUT2D eigenvalue weighted by Crippen LogP contribution is 2.20. The molecule has 0 N–H and O–H groups in total. The lowest BCUT2D eigenvalue weighted by Gasteiger charge is -2.19. The zero-order valence-corrected chi connectivity index (χ0v) is 34.7. The Labute approximate surface area is 322 Å². The Balaban J connectivity index is 2.21. The summed E-state index contributed by atoms with van der Waals surface area (Å²) >= 11 is 0. The molecule has 0 saturated carbocycles. The monoisotopic (exact) mass is 729 g/mol. The molecule has 0 spiro atoms. The largest absolute Gasteiger partial charge is 0.449 e. The molecule has 6 nitrogen and oxygen atoms in total. The van der Waals surface area contributed by atoms with Gasteiger partial charge in [-0.15, -0.1) is 0 Å². The Morgan fingerprint density at radius 2 is 0.904 bits per heavy atom. The van der Waals surface area contributed by atoms with E-state index in [9.17, 15) is 4.79 Å². The van der Waals surface area contributed by atoms with Gasteiger partial charge >= 0.3 is 6.09 Å². The summed E-state index contributed by atoms with van der Waals surface area (Å²) in [7, 11) is 4.08. The first-order chi connectivity index (χ1) is 25.6. The number of hydrogen-bond donors (Lipinski definition) is 0. The third-order valence-corrected chi connectivity index (χ3v) is 9.80. The van der Waals surface area contributed by atoms with Gasteiger partial charge in [-0.25, -0.2) is 4.79 Å². The molecule has 1 rings (SSSR count). The lowest BCUT2D eigenvalue weighted by atomic mass is 10.1. The van der Waals surface area contributed by atoms with Crippen molar-refractivity contribution >= 4 is 6.09 Å². The number of likely N-dealkylation sites (tertiary alicyclic amines) is 1. The topological polar surface area (TPSA) is 51.2 Å². The minimum Gasteiger partial charge on any atom is -0.449 e. The molecule has 1 fully saturated rings. The molecular weight excluding hydrogens is 645 g/mol. The minimum absolute atomic E-state index is 0.0723. The summed E-state index contributed by atoms with van der Waals surface area (Å²) in [6, 6.07) is 0. The van der Waals surface area contributed by atoms with Crippen LogP contribution in [0.3, 0.4) is 0 Å². The summed E-state index contributed by atoms with van der Waals surface area (Å²) in [5.41, 5.74) is 0. The molecule has 0 aromatic rings. The molecule has 52 heavy (non-hydrogen) atoms. The standard InChI is InChI=1S/C46H84N2O4/c1-5-7-9-11-13-15-17-19-21-23-25-27-29-31-33-35-39-50-44-42-48(46(49)52-41-37-38-47(3)4)43-45(44)51-40-36-34-32-30-28-26-24-22-20-18-16-14-12-10-8-6-2/h13-16,19-22,44-45H,5-12,17-18,23-43H2,1-4H3/b15-13-,16-14-,21-19-,22-20-/t44-,45-/m1/s1. The third-order valence-electron chi connectivity index (χ3n) is 9.80. The zero-order chi connectivity index (χ0) is 37.6. The highest BCUT2D eigenvalue weighted by Gasteiger charge is 2.37. The van der Waals surface area contributed by atoms with Crippen molar-refractivity contribution in [3.8, 4) is 0 Å². The first-order valence-corrected chi connectivity index (χ1v) is 22.0. The number of amides is 1. The average molecular weight is 729 g/mol. The van der Waals surface area contributed by atoms with Crippen LogP contribution >= 0.6 is 0 Å². The van der Waals surface area contributed by atoms with Gasteiger partial charge in [0, 0.05) is 19.8 Å². The van der Waals surface area contributed by atoms with Gasteiger partial charge in [0.25, 0.3) is 0 Å². The summed E-state index contributed by atoms with van der Waals surface area (Å²) in [5.74, 6) is 0. The van der Waals surface area contributed by atoms with E-state index in [1.807, 2.05) is 14.1 Å². The Morgan fingerprint density at radius 3 is 1.31 bits per heavy atom. The van der Waals surface area contributed by atoms with E-state index in [4.69, 9.17) is 14.2 Å². The highest BCUT2D eigenvalue weighted by atomic mass is 16.6. The SMILES string of the molecule is CCCCC/C=C\C/C=C\CCCCCCCCO[C@@H]1CN(C(=O)OCCCN(C)C)C[C@H]1OCCCCCCCC/C=C\C/C=C\CCCCC. The van der Waals surface area contributed by atoms with Crippen molar-refractivity contribution in [2.75, 3.05) is 53.6 Å². The summed E-state index contributed by atoms with van der Waals surface area (Å²) in [5, 5.41) is 0. The van der Waals surface area contributed by atoms with Gasteiger partial charge in [-0.05, 0) is 97.6 Å². The van der Waals surface area contributed by atoms with E-state index in [2.05, 4.69) is 67.4 Å². The van der Waals surface area contributed by atoms with E-state index in [0.717, 1.165) is 51.9 Å². The molecule has 0 aromatic heterocycles. The number of nitrogens with zero attached hydrogens (tertiary/aromatic N) is 2. The Bertz CT molecular complexity index is 841. The molecule has 1 aliphatic heterocycles. The number of allylic oxidation sites excluding steroid dienone is 8. The molecule has 0 radical (unpaired) electrons. The molecule has 1 saturated heterocycles. The zero-order valence-electron chi connectivity index (χ0n) is 34.7. The molecule has 1 aliphatic rings. The predicted octanol–water partition coefficient (Wildman–Crippen LogP) is 12.8. The van der Waals surface area contributed by atoms with E-state index in [-0.39, 0.29) is 18.3 Å². The quantitative estimate of drug-likeness (QED) is 0.0475. The van der Waals surface area contributed by atoms with Crippen molar-refractivity contribution in [3.05, 3.63) is 48.6 Å². The van der Waals surface area contributed by atoms with Gasteiger partial charge < -0.3 is 24.0 Å². The van der Waals surface area contributed by atoms with Crippen LogP contribution in [0.5, 0.6) is 0 Å². The molecule has 0 aliphatic carbocycles. The molecule has 0 unspecified atom stereocenters. The smallest absolute Gasteiger partial charge is 0.409 e. The van der Waals surface area contributed by atoms with Crippen LogP contribution in [-0.4, -0.2) is 81.7 Å². The Morgan fingerprint density at radius 1 is 0.519 bits per heavy atom. The number of carbonyl (C=O) groups is 1. The van der Waals surface area contributed by atoms with Crippen LogP contribution in [0.2, 0.25) is 0 Å². The van der Waals surface area contributed by atoms with Crippen molar-refractivity contribution in [2.45, 2.75) is 187 Å². The van der Waals surface area contributed by atoms with Crippen LogP contribution in [0, 0.1) is 0 Å². The van der Waals surface area contributed by atoms with Gasteiger partial charge in [0.1, 0.15) is 12.2 Å². The van der Waals surface area contributed by atoms with Gasteiger partial charge in [-0.2, -0.15) is 0 Å². The maximum atomic E-state index is 12.8. The fraction of sp³-hybridized carbons (Fsp3) is 0.804. The van der Waals surface area contributed by atoms with Crippen LogP contribution < -0.4 is 0 Å². The van der Waals surface area contributed by atoms with Crippen molar-refractivity contribution in [3.63, 3.8) is 0 Å². The number of ether oxygens (including phenoxy) is 3. The third kappa shape index (κ3) is 30.6. The van der Waals surface area contributed by atoms with E-state index < -0.39 is 0 Å². The van der Waals surface area contributed by atoms with Gasteiger partial charge in [-0.3, -0.25) is 0 Å². The second-order valence-corrected chi connectivity index (χ2v) is 15.2. The molecule has 6 heteroatoms. The Hall–Kier alpha value is -1.89. The Kier molecular flexibility index (Phi) is 34.6. The minimum atomic E-state index is -0.235. The number of carbonyl (C=O) groups excluding carboxylic acids is 1. The number of hydrogen-bond acceptors (Lipinski definition) is 5. The van der Waals surface area contributed by atoms with Crippen molar-refractivity contribution in [2.24, 2.45) is 0 Å². The maximum Gasteiger partial charge on any atom is 0.409 e. The van der Waals surface area contributed by atoms with Crippen LogP contribution in [0.1, 0.15) is 174 Å². The van der Waals surface area contributed by atoms with E-state index in [1.54, 1.807) is 4.90 Å². The number of rotatable bonds is 36. The fourth-order valence-corrected chi connectivity index (χ4v) is 6.49. The molecular formula is C46H84N2O4. The lowest BCUT2D eigenvalue weighted by Crippen LogP contribution is -2.31. The van der Waals surface area contributed by atoms with Crippen molar-refractivity contribution in [1.29, 1.82) is 0 Å². The molecule has 2 atom stereocenters. The van der Waals surface area contributed by atoms with Crippen LogP contribution in [0.4, 0.5) is 4.79 Å². The number of unbranched alkanes of at least 4 members (excludes halogenated alkanes) is 18. The summed E-state index contributed by atoms with van der Waals surface area (Å²) < 4.78 is 18.3. The highest BCUT2D eigenvalue weighted by molar-refractivity contribution is 5.68. The first kappa shape index (κ1) is 48.1. The first-order valence-electron chi connectivity index (χ1n) is 22.0. The second kappa shape index (κ2) is 37.4. The van der Waals surface area contributed by atoms with E-state index in [0.29, 0.717) is 19.7 Å². The molecule has 1 heterocycles. The predicted molar refractivity (Wildman–Crippen MR) is 224 cm³/mol. The van der Waals surface area contributed by atoms with Gasteiger partial charge in [0.15, 0.2) is 0 Å². The molecule has 0 bridgehead atoms. The summed E-state index contributed by atoms with van der Waals surface area (Å²) in [6.45, 7) is 8.45. The van der Waals surface area contributed by atoms with Crippen molar-refractivity contribution < 1.29 is 19.0 Å². The van der Waals surface area contributed by atoms with Gasteiger partial charge in [0.2, 0.25) is 0 Å². The van der Waals surface area contributed by atoms with Crippen molar-refractivity contribution in [1.82, 2.24) is 9.80 Å². The van der Waals surface area contributed by atoms with Gasteiger partial charge in [-0.1, -0.05) is 140 Å². The summed E-state index contributed by atoms with van der Waals surface area (Å²) in [4.78, 5) is 16.7. The maximum absolute atomic E-state index is 12.8. The van der Waals surface area contributed by atoms with Crippen LogP contribution in [-0.2, 0) is 14.2 Å². The fourth-order valence-electron chi connectivity index (χ4n) is 6.49. The lowest BCUT2D eigenvalue weighted by molar-refractivity contribution is -0.0481. The molecule has 302 valence electrons. The van der Waals surface area contributed by atoms with Gasteiger partial charge in [0.05, 0.1) is 19.7 Å². The molecule has 1 amide bonds. The van der Waals surface area contributed by atoms with E-state index in [1.165, 1.54) is 128 Å². The molecule has 0 aromatic carbocycles. The van der Waals surface area contributed by atoms with Crippen LogP contribution in [0.15, 0.2) is 48.6 Å².